The van der Waals surface area contributed by atoms with Crippen LogP contribution in [0.1, 0.15) is 34.6 Å². The molecule has 0 amide bonds. The van der Waals surface area contributed by atoms with E-state index in [0.29, 0.717) is 0 Å². The molecule has 23 heavy (non-hydrogen) atoms. The number of hydrogen-bond donors (Lipinski definition) is 2. The van der Waals surface area contributed by atoms with E-state index in [2.05, 4.69) is 0 Å². The minimum Gasteiger partial charge on any atom is -0.507 e. The number of benzene rings is 1. The van der Waals surface area contributed by atoms with Crippen LogP contribution in [0, 0.1) is 6.92 Å². The summed E-state index contributed by atoms with van der Waals surface area (Å²) in [5.41, 5.74) is -0.155. The van der Waals surface area contributed by atoms with E-state index in [0.717, 1.165) is 17.1 Å². The van der Waals surface area contributed by atoms with Gasteiger partial charge < -0.3 is 10.2 Å². The van der Waals surface area contributed by atoms with E-state index in [4.69, 9.17) is 0 Å². The number of carbonyl (C=O) groups excluding carboxylic acids is 1. The van der Waals surface area contributed by atoms with Gasteiger partial charge in [0.25, 0.3) is 5.56 Å². The standard InChI is InChI=1S/C17H17NO5/c1-10-8-14(20)15(11(2)19)16(21)18(10)13(17(22)23)9-12-6-4-3-5-7-12/h3-8,13,20H,9H2,1-2H3,(H,22,23). The van der Waals surface area contributed by atoms with Crippen molar-refractivity contribution in [3.05, 3.63) is 63.6 Å². The lowest BCUT2D eigenvalue weighted by Crippen LogP contribution is -2.35. The van der Waals surface area contributed by atoms with Crippen LogP contribution < -0.4 is 5.56 Å². The summed E-state index contributed by atoms with van der Waals surface area (Å²) in [6, 6.07) is 8.97. The van der Waals surface area contributed by atoms with Crippen molar-refractivity contribution in [3.63, 3.8) is 0 Å². The highest BCUT2D eigenvalue weighted by Crippen LogP contribution is 2.20. The van der Waals surface area contributed by atoms with Crippen LogP contribution in [0.2, 0.25) is 0 Å². The van der Waals surface area contributed by atoms with Gasteiger partial charge in [0, 0.05) is 18.2 Å². The van der Waals surface area contributed by atoms with Crippen molar-refractivity contribution in [1.82, 2.24) is 4.57 Å². The smallest absolute Gasteiger partial charge is 0.327 e. The predicted molar refractivity (Wildman–Crippen MR) is 83.9 cm³/mol. The van der Waals surface area contributed by atoms with Gasteiger partial charge in [0.05, 0.1) is 0 Å². The van der Waals surface area contributed by atoms with Gasteiger partial charge in [-0.1, -0.05) is 30.3 Å². The third-order valence-electron chi connectivity index (χ3n) is 3.64. The molecule has 0 saturated heterocycles. The van der Waals surface area contributed by atoms with Crippen molar-refractivity contribution in [2.75, 3.05) is 0 Å². The van der Waals surface area contributed by atoms with E-state index in [-0.39, 0.29) is 12.1 Å². The van der Waals surface area contributed by atoms with Gasteiger partial charge in [-0.2, -0.15) is 0 Å². The molecule has 0 bridgehead atoms. The second-order valence-corrected chi connectivity index (χ2v) is 5.32. The molecule has 1 heterocycles. The lowest BCUT2D eigenvalue weighted by molar-refractivity contribution is -0.141. The zero-order chi connectivity index (χ0) is 17.1. The number of aryl methyl sites for hydroxylation is 1. The molecule has 1 aromatic heterocycles. The lowest BCUT2D eigenvalue weighted by Gasteiger charge is -2.20. The maximum absolute atomic E-state index is 12.5. The number of Topliss-reactive ketones (excluding diaryl/α,β-unsaturated/α-hetero) is 1. The first kappa shape index (κ1) is 16.5. The van der Waals surface area contributed by atoms with E-state index in [1.165, 1.54) is 13.0 Å². The van der Waals surface area contributed by atoms with Crippen molar-refractivity contribution in [2.45, 2.75) is 26.3 Å². The lowest BCUT2D eigenvalue weighted by atomic mass is 10.0. The van der Waals surface area contributed by atoms with Crippen LogP contribution in [0.25, 0.3) is 0 Å². The molecule has 120 valence electrons. The van der Waals surface area contributed by atoms with Gasteiger partial charge in [0.2, 0.25) is 0 Å². The summed E-state index contributed by atoms with van der Waals surface area (Å²) in [6.07, 6.45) is 0.0963. The van der Waals surface area contributed by atoms with Crippen LogP contribution >= 0.6 is 0 Å². The van der Waals surface area contributed by atoms with Crippen LogP contribution in [-0.2, 0) is 11.2 Å². The Kier molecular flexibility index (Phi) is 4.64. The molecule has 6 nitrogen and oxygen atoms in total. The molecule has 1 unspecified atom stereocenters. The Hall–Kier alpha value is -2.89. The molecule has 0 radical (unpaired) electrons. The number of aliphatic carboxylic acids is 1. The number of aromatic hydroxyl groups is 1. The molecule has 1 atom stereocenters. The summed E-state index contributed by atoms with van der Waals surface area (Å²) in [7, 11) is 0. The van der Waals surface area contributed by atoms with Crippen LogP contribution in [0.5, 0.6) is 5.75 Å². The Bertz CT molecular complexity index is 808. The third kappa shape index (κ3) is 3.31. The highest BCUT2D eigenvalue weighted by Gasteiger charge is 2.26. The normalized spacial score (nSPS) is 11.9. The molecule has 2 N–H and O–H groups in total. The SMILES string of the molecule is CC(=O)c1c(O)cc(C)n(C(Cc2ccccc2)C(=O)O)c1=O. The number of hydrogen-bond acceptors (Lipinski definition) is 4. The molecule has 0 aliphatic heterocycles. The average molecular weight is 315 g/mol. The van der Waals surface area contributed by atoms with Crippen LogP contribution in [0.3, 0.4) is 0 Å². The monoisotopic (exact) mass is 315 g/mol. The largest absolute Gasteiger partial charge is 0.507 e. The number of pyridine rings is 1. The Labute approximate surface area is 132 Å². The highest BCUT2D eigenvalue weighted by molar-refractivity contribution is 5.96. The Morgan fingerprint density at radius 1 is 1.22 bits per heavy atom. The second kappa shape index (κ2) is 6.48. The summed E-state index contributed by atoms with van der Waals surface area (Å²) in [5, 5.41) is 19.3. The Balaban J connectivity index is 2.61. The fourth-order valence-corrected chi connectivity index (χ4v) is 2.57. The molecule has 0 aliphatic rings. The molecule has 1 aromatic carbocycles. The summed E-state index contributed by atoms with van der Waals surface area (Å²) in [6.45, 7) is 2.68. The van der Waals surface area contributed by atoms with Gasteiger partial charge in [0.1, 0.15) is 17.4 Å². The first-order valence-corrected chi connectivity index (χ1v) is 7.05. The summed E-state index contributed by atoms with van der Waals surface area (Å²) in [4.78, 5) is 35.8. The first-order chi connectivity index (χ1) is 10.8. The van der Waals surface area contributed by atoms with Crippen molar-refractivity contribution >= 4 is 11.8 Å². The second-order valence-electron chi connectivity index (χ2n) is 5.32. The van der Waals surface area contributed by atoms with Crippen molar-refractivity contribution in [2.24, 2.45) is 0 Å². The van der Waals surface area contributed by atoms with E-state index < -0.39 is 34.7 Å². The van der Waals surface area contributed by atoms with Crippen LogP contribution in [0.15, 0.2) is 41.2 Å². The van der Waals surface area contributed by atoms with Crippen molar-refractivity contribution < 1.29 is 19.8 Å². The maximum Gasteiger partial charge on any atom is 0.327 e. The molecule has 0 fully saturated rings. The molecule has 2 rings (SSSR count). The zero-order valence-electron chi connectivity index (χ0n) is 12.8. The first-order valence-electron chi connectivity index (χ1n) is 7.05. The average Bonchev–Trinajstić information content (AvgIpc) is 2.46. The van der Waals surface area contributed by atoms with Gasteiger partial charge in [0.15, 0.2) is 5.78 Å². The summed E-state index contributed by atoms with van der Waals surface area (Å²) < 4.78 is 1.05. The van der Waals surface area contributed by atoms with E-state index in [1.54, 1.807) is 24.3 Å². The minimum atomic E-state index is -1.18. The number of carbonyl (C=O) groups is 2. The number of rotatable bonds is 5. The fraction of sp³-hybridized carbons (Fsp3) is 0.235. The number of carboxylic acid groups (broad SMARTS) is 1. The molecule has 2 aromatic rings. The number of ketones is 1. The molecular formula is C17H17NO5. The predicted octanol–water partition coefficient (Wildman–Crippen LogP) is 1.93. The molecule has 0 aliphatic carbocycles. The third-order valence-corrected chi connectivity index (χ3v) is 3.64. The Morgan fingerprint density at radius 3 is 2.35 bits per heavy atom. The number of carboxylic acids is 1. The topological polar surface area (TPSA) is 96.6 Å². The molecule has 0 spiro atoms. The number of aromatic nitrogens is 1. The van der Waals surface area contributed by atoms with Gasteiger partial charge in [-0.3, -0.25) is 14.2 Å². The van der Waals surface area contributed by atoms with Gasteiger partial charge in [-0.15, -0.1) is 0 Å². The van der Waals surface area contributed by atoms with Gasteiger partial charge in [-0.05, 0) is 19.4 Å². The van der Waals surface area contributed by atoms with Gasteiger partial charge in [-0.25, -0.2) is 4.79 Å². The summed E-state index contributed by atoms with van der Waals surface area (Å²) in [5.74, 6) is -2.22. The van der Waals surface area contributed by atoms with E-state index >= 15 is 0 Å². The van der Waals surface area contributed by atoms with E-state index in [1.807, 2.05) is 6.07 Å². The quantitative estimate of drug-likeness (QED) is 0.822. The van der Waals surface area contributed by atoms with Crippen molar-refractivity contribution in [3.8, 4) is 5.75 Å². The zero-order valence-corrected chi connectivity index (χ0v) is 12.8. The maximum atomic E-state index is 12.5. The highest BCUT2D eigenvalue weighted by atomic mass is 16.4. The molecular weight excluding hydrogens is 298 g/mol. The van der Waals surface area contributed by atoms with Crippen molar-refractivity contribution in [1.29, 1.82) is 0 Å². The van der Waals surface area contributed by atoms with Crippen LogP contribution in [0.4, 0.5) is 0 Å². The Morgan fingerprint density at radius 2 is 1.83 bits per heavy atom. The number of nitrogens with zero attached hydrogens (tertiary/aromatic N) is 1. The van der Waals surface area contributed by atoms with E-state index in [9.17, 15) is 24.6 Å². The fourth-order valence-electron chi connectivity index (χ4n) is 2.57. The summed E-state index contributed by atoms with van der Waals surface area (Å²) >= 11 is 0. The minimum absolute atomic E-state index is 0.0963. The molecule has 6 heteroatoms. The van der Waals surface area contributed by atoms with Gasteiger partial charge >= 0.3 is 5.97 Å². The van der Waals surface area contributed by atoms with Crippen LogP contribution in [-0.4, -0.2) is 26.5 Å². The molecule has 0 saturated carbocycles.